The van der Waals surface area contributed by atoms with E-state index < -0.39 is 23.9 Å². The van der Waals surface area contributed by atoms with Crippen molar-refractivity contribution in [2.45, 2.75) is 103 Å². The molecule has 0 aromatic heterocycles. The number of carbonyl (C=O) groups excluding carboxylic acids is 6. The average molecular weight is 990 g/mol. The van der Waals surface area contributed by atoms with E-state index in [0.717, 1.165) is 47.3 Å². The largest absolute Gasteiger partial charge is 0.496 e. The van der Waals surface area contributed by atoms with Gasteiger partial charge in [-0.15, -0.1) is 0 Å². The summed E-state index contributed by atoms with van der Waals surface area (Å²) in [5, 5.41) is 18.1. The lowest BCUT2D eigenvalue weighted by Gasteiger charge is -2.41. The molecule has 20 nitrogen and oxygen atoms in total. The Morgan fingerprint density at radius 1 is 0.944 bits per heavy atom. The minimum atomic E-state index is -0.843. The van der Waals surface area contributed by atoms with Crippen molar-refractivity contribution in [1.82, 2.24) is 30.2 Å². The zero-order valence-electron chi connectivity index (χ0n) is 41.7. The molecule has 6 amide bonds. The van der Waals surface area contributed by atoms with Crippen LogP contribution in [0, 0.1) is 17.2 Å². The van der Waals surface area contributed by atoms with Crippen LogP contribution in [0.3, 0.4) is 0 Å². The molecule has 384 valence electrons. The van der Waals surface area contributed by atoms with Crippen LogP contribution in [0.25, 0.3) is 0 Å². The molecule has 1 saturated heterocycles. The number of aliphatic imine (C=N–C) groups is 2. The minimum absolute atomic E-state index is 0.0485. The molecule has 3 heterocycles. The Morgan fingerprint density at radius 3 is 2.35 bits per heavy atom. The number of nitrogens with two attached hydrogens (primary N) is 1. The SMILES string of the molecule is C=NC(=N/C(N)=C1/C=C(C#N)N(Cc2ccc(CN3CCN(C(=O)OCc4ccc(NC(=O)CNC(=O)C(NC(=O)CCCCCN5C(=O)C=CC5=O)C(C)C)cc4)CC34CC4)cc2OC)C1)OCCCC. The highest BCUT2D eigenvalue weighted by molar-refractivity contribution is 6.12. The lowest BCUT2D eigenvalue weighted by molar-refractivity contribution is -0.137. The van der Waals surface area contributed by atoms with Crippen LogP contribution in [0.2, 0.25) is 0 Å². The molecule has 2 aromatic carbocycles. The number of carbonyl (C=O) groups is 6. The molecule has 0 radical (unpaired) electrons. The lowest BCUT2D eigenvalue weighted by Crippen LogP contribution is -2.56. The van der Waals surface area contributed by atoms with Crippen molar-refractivity contribution >= 4 is 54.1 Å². The van der Waals surface area contributed by atoms with E-state index in [1.54, 1.807) is 56.2 Å². The van der Waals surface area contributed by atoms with Gasteiger partial charge in [0.15, 0.2) is 0 Å². The smallest absolute Gasteiger partial charge is 0.410 e. The molecule has 4 aliphatic rings. The Hall–Kier alpha value is -7.53. The van der Waals surface area contributed by atoms with Crippen molar-refractivity contribution in [3.63, 3.8) is 0 Å². The van der Waals surface area contributed by atoms with Crippen LogP contribution in [-0.2, 0) is 53.1 Å². The number of amides is 6. The quantitative estimate of drug-likeness (QED) is 0.0514. The van der Waals surface area contributed by atoms with E-state index in [4.69, 9.17) is 19.9 Å². The fourth-order valence-electron chi connectivity index (χ4n) is 8.63. The van der Waals surface area contributed by atoms with E-state index in [1.807, 2.05) is 17.0 Å². The van der Waals surface area contributed by atoms with Crippen molar-refractivity contribution in [3.05, 3.63) is 94.5 Å². The monoisotopic (exact) mass is 990 g/mol. The summed E-state index contributed by atoms with van der Waals surface area (Å²) >= 11 is 0. The van der Waals surface area contributed by atoms with Gasteiger partial charge in [-0.25, -0.2) is 9.79 Å². The summed E-state index contributed by atoms with van der Waals surface area (Å²) in [4.78, 5) is 90.5. The summed E-state index contributed by atoms with van der Waals surface area (Å²) < 4.78 is 17.2. The molecule has 1 unspecified atom stereocenters. The van der Waals surface area contributed by atoms with Crippen LogP contribution in [0.5, 0.6) is 5.75 Å². The molecule has 1 saturated carbocycles. The van der Waals surface area contributed by atoms with Gasteiger partial charge in [-0.1, -0.05) is 57.9 Å². The second-order valence-electron chi connectivity index (χ2n) is 18.7. The van der Waals surface area contributed by atoms with Crippen LogP contribution >= 0.6 is 0 Å². The number of imide groups is 1. The first-order valence-electron chi connectivity index (χ1n) is 24.5. The summed E-state index contributed by atoms with van der Waals surface area (Å²) in [6.07, 6.45) is 9.43. The highest BCUT2D eigenvalue weighted by Gasteiger charge is 2.52. The van der Waals surface area contributed by atoms with E-state index in [0.29, 0.717) is 87.8 Å². The molecule has 1 aliphatic carbocycles. The number of unbranched alkanes of at least 4 members (excludes halogenated alkanes) is 3. The third-order valence-electron chi connectivity index (χ3n) is 13.0. The van der Waals surface area contributed by atoms with E-state index in [-0.39, 0.29) is 67.1 Å². The van der Waals surface area contributed by atoms with Crippen molar-refractivity contribution in [1.29, 1.82) is 5.26 Å². The van der Waals surface area contributed by atoms with Crippen LogP contribution in [-0.4, -0.2) is 133 Å². The third kappa shape index (κ3) is 14.8. The molecule has 1 spiro atoms. The molecule has 3 aliphatic heterocycles. The Balaban J connectivity index is 0.906. The number of amidine groups is 1. The van der Waals surface area contributed by atoms with E-state index in [1.165, 1.54) is 12.2 Å². The van der Waals surface area contributed by atoms with Gasteiger partial charge in [0.05, 0.1) is 20.3 Å². The molecule has 1 atom stereocenters. The molecule has 20 heteroatoms. The summed E-state index contributed by atoms with van der Waals surface area (Å²) in [5.41, 5.74) is 10.5. The predicted molar refractivity (Wildman–Crippen MR) is 269 cm³/mol. The predicted octanol–water partition coefficient (Wildman–Crippen LogP) is 4.63. The Kier molecular flexibility index (Phi) is 19.1. The Bertz CT molecular complexity index is 2490. The van der Waals surface area contributed by atoms with Gasteiger partial charge >= 0.3 is 12.1 Å². The Morgan fingerprint density at radius 2 is 1.68 bits per heavy atom. The number of rotatable bonds is 23. The van der Waals surface area contributed by atoms with Gasteiger partial charge in [0.25, 0.3) is 11.8 Å². The molecule has 2 aromatic rings. The maximum atomic E-state index is 13.3. The van der Waals surface area contributed by atoms with Crippen molar-refractivity contribution in [3.8, 4) is 11.8 Å². The maximum Gasteiger partial charge on any atom is 0.410 e. The first-order chi connectivity index (χ1) is 34.6. The van der Waals surface area contributed by atoms with Gasteiger partial charge < -0.3 is 45.7 Å². The standard InChI is InChI=1S/C52H67N11O9/c1-6-7-25-71-50(55-4)59-48(54)39-27-41(28-53)61(32-39)31-38-15-12-37(26-42(38)70-5)30-62-24-23-60(34-52(62)20-21-52)51(69)72-33-36-13-16-40(17-14-36)57-44(65)29-56-49(68)47(35(2)3)58-43(64)11-9-8-10-22-63-45(66)18-19-46(63)67/h12-19,26-27,35,47H,4,6-11,20-25,29-34,54H2,1-3,5H3,(H,56,68)(H,57,65)(H,58,64)/b48-39-,59-50?. The number of hydrogen-bond donors (Lipinski definition) is 4. The molecule has 0 bridgehead atoms. The Labute approximate surface area is 421 Å². The summed E-state index contributed by atoms with van der Waals surface area (Å²) in [6.45, 7) is 12.9. The molecule has 6 rings (SSSR count). The maximum absolute atomic E-state index is 13.3. The number of allylic oxidation sites excluding steroid dienone is 1. The molecule has 5 N–H and O–H groups in total. The fourth-order valence-corrected chi connectivity index (χ4v) is 8.63. The summed E-state index contributed by atoms with van der Waals surface area (Å²) in [5.74, 6) is -1.24. The normalized spacial score (nSPS) is 17.4. The topological polar surface area (TPSA) is 254 Å². The second kappa shape index (κ2) is 25.5. The molecule has 72 heavy (non-hydrogen) atoms. The first-order valence-corrected chi connectivity index (χ1v) is 24.5. The van der Waals surface area contributed by atoms with E-state index in [2.05, 4.69) is 56.6 Å². The van der Waals surface area contributed by atoms with E-state index >= 15 is 0 Å². The van der Waals surface area contributed by atoms with Crippen LogP contribution in [0.4, 0.5) is 10.5 Å². The van der Waals surface area contributed by atoms with Gasteiger partial charge in [0.2, 0.25) is 17.7 Å². The number of piperazine rings is 1. The number of hydrogen-bond acceptors (Lipinski definition) is 14. The minimum Gasteiger partial charge on any atom is -0.496 e. The van der Waals surface area contributed by atoms with Gasteiger partial charge in [0.1, 0.15) is 36.0 Å². The zero-order chi connectivity index (χ0) is 51.8. The number of methoxy groups -OCH3 is 1. The average Bonchev–Trinajstić information content (AvgIpc) is 3.90. The van der Waals surface area contributed by atoms with Crippen LogP contribution in [0.1, 0.15) is 88.8 Å². The first kappa shape index (κ1) is 53.8. The van der Waals surface area contributed by atoms with E-state index in [9.17, 15) is 34.0 Å². The third-order valence-corrected chi connectivity index (χ3v) is 13.0. The number of nitriles is 1. The molecule has 2 fully saturated rings. The van der Waals surface area contributed by atoms with Gasteiger partial charge in [-0.2, -0.15) is 10.3 Å². The van der Waals surface area contributed by atoms with Gasteiger partial charge in [0, 0.05) is 86.7 Å². The number of nitrogens with zero attached hydrogens (tertiary/aromatic N) is 7. The lowest BCUT2D eigenvalue weighted by atomic mass is 10.0. The van der Waals surface area contributed by atoms with Gasteiger partial charge in [-0.3, -0.25) is 33.8 Å². The highest BCUT2D eigenvalue weighted by atomic mass is 16.6. The summed E-state index contributed by atoms with van der Waals surface area (Å²) in [7, 11) is 1.63. The second-order valence-corrected chi connectivity index (χ2v) is 18.7. The number of benzene rings is 2. The fraction of sp³-hybridized carbons (Fsp3) is 0.481. The van der Waals surface area contributed by atoms with Crippen LogP contribution in [0.15, 0.2) is 87.8 Å². The zero-order valence-corrected chi connectivity index (χ0v) is 41.7. The van der Waals surface area contributed by atoms with Crippen molar-refractivity contribution in [2.24, 2.45) is 21.6 Å². The molecular formula is C52H67N11O9. The number of anilines is 1. The van der Waals surface area contributed by atoms with Crippen molar-refractivity contribution < 1.29 is 43.0 Å². The number of ether oxygens (including phenoxy) is 3. The van der Waals surface area contributed by atoms with Crippen molar-refractivity contribution in [2.75, 3.05) is 58.3 Å². The highest BCUT2D eigenvalue weighted by Crippen LogP contribution is 2.45. The number of nitrogens with one attached hydrogen (secondary N) is 3. The molecular weight excluding hydrogens is 923 g/mol. The summed E-state index contributed by atoms with van der Waals surface area (Å²) in [6, 6.07) is 14.5. The van der Waals surface area contributed by atoms with Crippen LogP contribution < -0.4 is 26.4 Å². The van der Waals surface area contributed by atoms with Gasteiger partial charge in [-0.05, 0) is 80.1 Å².